The van der Waals surface area contributed by atoms with Crippen LogP contribution in [0.2, 0.25) is 0 Å². The summed E-state index contributed by atoms with van der Waals surface area (Å²) in [5.74, 6) is 9.55. The van der Waals surface area contributed by atoms with Gasteiger partial charge in [-0.25, -0.2) is 0 Å². The summed E-state index contributed by atoms with van der Waals surface area (Å²) < 4.78 is 0. The van der Waals surface area contributed by atoms with E-state index >= 15 is 0 Å². The van der Waals surface area contributed by atoms with Crippen molar-refractivity contribution in [3.8, 4) is 69.2 Å². The average Bonchev–Trinajstić information content (AvgIpc) is 3.32. The van der Waals surface area contributed by atoms with Gasteiger partial charge in [-0.05, 0) is 200 Å². The first kappa shape index (κ1) is 40.0. The van der Waals surface area contributed by atoms with Crippen LogP contribution in [0.4, 0.5) is 0 Å². The molecule has 0 N–H and O–H groups in total. The van der Waals surface area contributed by atoms with Gasteiger partial charge >= 0.3 is 0 Å². The first-order valence-electron chi connectivity index (χ1n) is 24.5. The quantitative estimate of drug-likeness (QED) is 0.141. The third-order valence-electron chi connectivity index (χ3n) is 20.1. The predicted octanol–water partition coefficient (Wildman–Crippen LogP) is 16.0. The number of hydrogen-bond donors (Lipinski definition) is 0. The minimum absolute atomic E-state index is 0.0100. The largest absolute Gasteiger partial charge is 0.115 e. The van der Waals surface area contributed by atoms with Crippen molar-refractivity contribution in [3.63, 3.8) is 0 Å². The van der Waals surface area contributed by atoms with Crippen molar-refractivity contribution in [1.29, 1.82) is 0 Å². The van der Waals surface area contributed by atoms with Crippen molar-refractivity contribution in [3.05, 3.63) is 168 Å². The standard InChI is InChI=1S/C64H62/c1-7-53-55(48-25-17-11-18-26-48)30-50(46-21-13-9-14-22-46)32-57(53)61-34-44-29-45(35-61)37-63(36-44,41-61)64-39-52-38-62(42-64,40-60(6,43(52)3)59(64,4)5)58-33-51(47-23-15-10-16-24-47)31-56(54(58)8-2)49-27-19-12-20-28-49/h1-2,9-28,30-33,43-45,52H,29,34-42H2,3-6H3. The van der Waals surface area contributed by atoms with Crippen molar-refractivity contribution in [2.24, 2.45) is 45.3 Å². The third kappa shape index (κ3) is 5.39. The lowest BCUT2D eigenvalue weighted by atomic mass is 9.22. The van der Waals surface area contributed by atoms with E-state index in [1.54, 1.807) is 0 Å². The molecule has 0 amide bonds. The second-order valence-corrected chi connectivity index (χ2v) is 22.9. The summed E-state index contributed by atoms with van der Waals surface area (Å²) in [6.45, 7) is 10.9. The molecule has 0 saturated heterocycles. The molecule has 64 heavy (non-hydrogen) atoms. The molecule has 0 heterocycles. The summed E-state index contributed by atoms with van der Waals surface area (Å²) in [7, 11) is 0. The van der Waals surface area contributed by atoms with E-state index in [-0.39, 0.29) is 32.5 Å². The Balaban J connectivity index is 1.07. The highest BCUT2D eigenvalue weighted by Crippen LogP contribution is 2.86. The molecular weight excluding hydrogens is 769 g/mol. The summed E-state index contributed by atoms with van der Waals surface area (Å²) in [5, 5.41) is 0. The van der Waals surface area contributed by atoms with Crippen LogP contribution in [0, 0.1) is 70.0 Å². The molecule has 8 bridgehead atoms. The lowest BCUT2D eigenvalue weighted by Crippen LogP contribution is -2.76. The molecule has 8 aliphatic carbocycles. The van der Waals surface area contributed by atoms with Gasteiger partial charge in [0.05, 0.1) is 0 Å². The fraction of sp³-hybridized carbons (Fsp3) is 0.375. The molecule has 318 valence electrons. The van der Waals surface area contributed by atoms with Crippen LogP contribution in [-0.4, -0.2) is 0 Å². The van der Waals surface area contributed by atoms with Crippen LogP contribution in [0.1, 0.15) is 114 Å². The topological polar surface area (TPSA) is 0 Å². The van der Waals surface area contributed by atoms with Gasteiger partial charge in [0.1, 0.15) is 0 Å². The number of rotatable bonds is 7. The maximum absolute atomic E-state index is 6.84. The number of benzene rings is 6. The van der Waals surface area contributed by atoms with E-state index in [1.165, 1.54) is 120 Å². The van der Waals surface area contributed by atoms with E-state index in [2.05, 4.69) is 185 Å². The SMILES string of the molecule is C#Cc1c(-c2ccccc2)cc(-c2ccccc2)cc1C12CC3CC(C1)CC(C14CC5CC(c6cc(-c7ccccc7)cc(-c7ccccc7)c6C#C)(CC(C)(C5C)C1(C)C)C4)(C3)C2. The van der Waals surface area contributed by atoms with Gasteiger partial charge in [0.15, 0.2) is 0 Å². The van der Waals surface area contributed by atoms with E-state index in [9.17, 15) is 0 Å². The molecule has 8 fully saturated rings. The maximum Gasteiger partial charge on any atom is 0.0359 e. The first-order valence-corrected chi connectivity index (χ1v) is 24.5. The van der Waals surface area contributed by atoms with E-state index in [0.29, 0.717) is 23.7 Å². The van der Waals surface area contributed by atoms with Crippen LogP contribution < -0.4 is 0 Å². The summed E-state index contributed by atoms with van der Waals surface area (Å²) in [6.07, 6.45) is 26.5. The van der Waals surface area contributed by atoms with Gasteiger partial charge in [-0.15, -0.1) is 12.8 Å². The molecule has 7 unspecified atom stereocenters. The van der Waals surface area contributed by atoms with E-state index in [4.69, 9.17) is 12.8 Å². The average molecular weight is 831 g/mol. The number of hydrogen-bond acceptors (Lipinski definition) is 0. The Morgan fingerprint density at radius 2 is 0.922 bits per heavy atom. The smallest absolute Gasteiger partial charge is 0.0359 e. The molecule has 6 aromatic rings. The normalized spacial score (nSPS) is 33.7. The zero-order valence-corrected chi connectivity index (χ0v) is 38.4. The van der Waals surface area contributed by atoms with Crippen LogP contribution in [-0.2, 0) is 10.8 Å². The Labute approximate surface area is 383 Å². The highest BCUT2D eigenvalue weighted by molar-refractivity contribution is 5.82. The predicted molar refractivity (Wildman–Crippen MR) is 266 cm³/mol. The maximum atomic E-state index is 6.84. The fourth-order valence-corrected chi connectivity index (χ4v) is 17.7. The van der Waals surface area contributed by atoms with E-state index in [1.807, 2.05) is 0 Å². The van der Waals surface area contributed by atoms with Crippen LogP contribution >= 0.6 is 0 Å². The van der Waals surface area contributed by atoms with Crippen molar-refractivity contribution >= 4 is 0 Å². The monoisotopic (exact) mass is 830 g/mol. The second kappa shape index (κ2) is 14.0. The van der Waals surface area contributed by atoms with Crippen LogP contribution in [0.5, 0.6) is 0 Å². The molecule has 0 heteroatoms. The van der Waals surface area contributed by atoms with Crippen molar-refractivity contribution in [1.82, 2.24) is 0 Å². The van der Waals surface area contributed by atoms with Crippen LogP contribution in [0.3, 0.4) is 0 Å². The van der Waals surface area contributed by atoms with Crippen LogP contribution in [0.25, 0.3) is 44.5 Å². The minimum Gasteiger partial charge on any atom is -0.115 e. The van der Waals surface area contributed by atoms with Crippen molar-refractivity contribution in [2.45, 2.75) is 103 Å². The fourth-order valence-electron chi connectivity index (χ4n) is 17.7. The molecule has 8 saturated carbocycles. The molecule has 0 nitrogen and oxygen atoms in total. The van der Waals surface area contributed by atoms with Gasteiger partial charge in [-0.2, -0.15) is 0 Å². The highest BCUT2D eigenvalue weighted by Gasteiger charge is 2.79. The summed E-state index contributed by atoms with van der Waals surface area (Å²) in [5.41, 5.74) is 15.9. The molecule has 8 aliphatic rings. The van der Waals surface area contributed by atoms with Gasteiger partial charge in [-0.3, -0.25) is 0 Å². The van der Waals surface area contributed by atoms with Crippen molar-refractivity contribution < 1.29 is 0 Å². The lowest BCUT2D eigenvalue weighted by molar-refractivity contribution is -0.317. The summed E-state index contributed by atoms with van der Waals surface area (Å²) >= 11 is 0. The van der Waals surface area contributed by atoms with Crippen LogP contribution in [0.15, 0.2) is 146 Å². The molecule has 0 radical (unpaired) electrons. The molecule has 14 rings (SSSR count). The van der Waals surface area contributed by atoms with Gasteiger partial charge in [0.2, 0.25) is 0 Å². The third-order valence-corrected chi connectivity index (χ3v) is 20.1. The van der Waals surface area contributed by atoms with E-state index in [0.717, 1.165) is 11.1 Å². The molecule has 7 atom stereocenters. The van der Waals surface area contributed by atoms with Gasteiger partial charge in [0.25, 0.3) is 0 Å². The lowest BCUT2D eigenvalue weighted by Gasteiger charge is -2.82. The Hall–Kier alpha value is -5.56. The Morgan fingerprint density at radius 1 is 0.469 bits per heavy atom. The molecule has 0 spiro atoms. The Morgan fingerprint density at radius 3 is 1.39 bits per heavy atom. The summed E-state index contributed by atoms with van der Waals surface area (Å²) in [6, 6.07) is 54.0. The molecule has 0 aromatic heterocycles. The Kier molecular flexibility index (Phi) is 8.73. The highest BCUT2D eigenvalue weighted by atomic mass is 14.8. The number of terminal acetylenes is 2. The molecular formula is C64H62. The van der Waals surface area contributed by atoms with E-state index < -0.39 is 0 Å². The first-order chi connectivity index (χ1) is 31.0. The van der Waals surface area contributed by atoms with Crippen molar-refractivity contribution in [2.75, 3.05) is 0 Å². The van der Waals surface area contributed by atoms with Gasteiger partial charge < -0.3 is 0 Å². The summed E-state index contributed by atoms with van der Waals surface area (Å²) in [4.78, 5) is 0. The Bertz CT molecular complexity index is 2870. The minimum atomic E-state index is -0.0100. The van der Waals surface area contributed by atoms with Gasteiger partial charge in [0, 0.05) is 11.1 Å². The molecule has 6 aromatic carbocycles. The second-order valence-electron chi connectivity index (χ2n) is 22.9. The van der Waals surface area contributed by atoms with Gasteiger partial charge in [-0.1, -0.05) is 161 Å². The molecule has 0 aliphatic heterocycles. The zero-order valence-electron chi connectivity index (χ0n) is 38.4. The zero-order chi connectivity index (χ0) is 43.7.